The van der Waals surface area contributed by atoms with Crippen LogP contribution in [0.2, 0.25) is 5.02 Å². The Labute approximate surface area is 117 Å². The quantitative estimate of drug-likeness (QED) is 0.616. The van der Waals surface area contributed by atoms with Crippen LogP contribution in [0.1, 0.15) is 19.3 Å². The van der Waals surface area contributed by atoms with E-state index in [1.807, 2.05) is 0 Å². The van der Waals surface area contributed by atoms with Crippen LogP contribution in [0.15, 0.2) is 18.2 Å². The Morgan fingerprint density at radius 1 is 1.32 bits per heavy atom. The average molecular weight is 285 g/mol. The lowest BCUT2D eigenvalue weighted by molar-refractivity contribution is -0.384. The van der Waals surface area contributed by atoms with Gasteiger partial charge >= 0.3 is 0 Å². The van der Waals surface area contributed by atoms with Gasteiger partial charge in [0, 0.05) is 12.6 Å². The minimum Gasteiger partial charge on any atom is -0.490 e. The minimum absolute atomic E-state index is 0.00243. The second-order valence-corrected chi connectivity index (χ2v) is 5.03. The predicted molar refractivity (Wildman–Crippen MR) is 73.9 cm³/mol. The lowest BCUT2D eigenvalue weighted by Crippen LogP contribution is -2.33. The van der Waals surface area contributed by atoms with E-state index in [4.69, 9.17) is 16.3 Å². The molecule has 0 aliphatic carbocycles. The number of hydrogen-bond donors (Lipinski definition) is 0. The second-order valence-electron chi connectivity index (χ2n) is 4.62. The fraction of sp³-hybridized carbons (Fsp3) is 0.538. The summed E-state index contributed by atoms with van der Waals surface area (Å²) in [6, 6.07) is 4.24. The number of halogens is 1. The van der Waals surface area contributed by atoms with Crippen LogP contribution in [0.3, 0.4) is 0 Å². The van der Waals surface area contributed by atoms with Crippen molar-refractivity contribution in [2.75, 3.05) is 26.2 Å². The van der Waals surface area contributed by atoms with Crippen LogP contribution in [-0.4, -0.2) is 36.1 Å². The third-order valence-electron chi connectivity index (χ3n) is 3.24. The van der Waals surface area contributed by atoms with E-state index in [1.54, 1.807) is 0 Å². The van der Waals surface area contributed by atoms with Gasteiger partial charge in [0.15, 0.2) is 0 Å². The Bertz CT molecular complexity index is 448. The number of rotatable bonds is 5. The normalized spacial score (nSPS) is 16.3. The number of nitro benzene ring substituents is 1. The van der Waals surface area contributed by atoms with Gasteiger partial charge in [-0.3, -0.25) is 15.0 Å². The Morgan fingerprint density at radius 2 is 2.05 bits per heavy atom. The number of nitrogens with zero attached hydrogens (tertiary/aromatic N) is 2. The van der Waals surface area contributed by atoms with Gasteiger partial charge in [0.05, 0.1) is 16.0 Å². The molecule has 1 aliphatic heterocycles. The van der Waals surface area contributed by atoms with Gasteiger partial charge in [0.1, 0.15) is 12.4 Å². The van der Waals surface area contributed by atoms with Crippen molar-refractivity contribution in [1.82, 2.24) is 4.90 Å². The molecule has 0 bridgehead atoms. The van der Waals surface area contributed by atoms with E-state index in [-0.39, 0.29) is 5.69 Å². The van der Waals surface area contributed by atoms with Crippen molar-refractivity contribution in [1.29, 1.82) is 0 Å². The summed E-state index contributed by atoms with van der Waals surface area (Å²) in [5.41, 5.74) is -0.00243. The number of nitro groups is 1. The third-order valence-corrected chi connectivity index (χ3v) is 3.55. The molecule has 0 radical (unpaired) electrons. The minimum atomic E-state index is -0.451. The van der Waals surface area contributed by atoms with E-state index in [2.05, 4.69) is 4.90 Å². The molecule has 1 heterocycles. The Hall–Kier alpha value is -1.33. The SMILES string of the molecule is O=[N+]([O-])c1ccc(Cl)c(OCCN2CCCCC2)c1. The fourth-order valence-corrected chi connectivity index (χ4v) is 2.36. The van der Waals surface area contributed by atoms with Crippen molar-refractivity contribution in [3.8, 4) is 5.75 Å². The molecule has 0 N–H and O–H groups in total. The van der Waals surface area contributed by atoms with Gasteiger partial charge in [-0.05, 0) is 32.0 Å². The topological polar surface area (TPSA) is 55.6 Å². The van der Waals surface area contributed by atoms with E-state index in [1.165, 1.54) is 37.5 Å². The largest absolute Gasteiger partial charge is 0.490 e. The van der Waals surface area contributed by atoms with Crippen molar-refractivity contribution in [2.45, 2.75) is 19.3 Å². The summed E-state index contributed by atoms with van der Waals surface area (Å²) in [7, 11) is 0. The maximum Gasteiger partial charge on any atom is 0.273 e. The number of ether oxygens (including phenoxy) is 1. The third kappa shape index (κ3) is 4.08. The standard InChI is InChI=1S/C13H17ClN2O3/c14-12-5-4-11(16(17)18)10-13(12)19-9-8-15-6-2-1-3-7-15/h4-5,10H,1-3,6-9H2. The van der Waals surface area contributed by atoms with Crippen LogP contribution in [0, 0.1) is 10.1 Å². The van der Waals surface area contributed by atoms with Gasteiger partial charge < -0.3 is 4.74 Å². The van der Waals surface area contributed by atoms with E-state index in [0.29, 0.717) is 17.4 Å². The Kier molecular flexibility index (Phi) is 4.99. The van der Waals surface area contributed by atoms with Crippen molar-refractivity contribution >= 4 is 17.3 Å². The highest BCUT2D eigenvalue weighted by Gasteiger charge is 2.12. The maximum atomic E-state index is 10.7. The lowest BCUT2D eigenvalue weighted by atomic mass is 10.1. The summed E-state index contributed by atoms with van der Waals surface area (Å²) in [4.78, 5) is 12.6. The van der Waals surface area contributed by atoms with Crippen molar-refractivity contribution in [3.05, 3.63) is 33.3 Å². The van der Waals surface area contributed by atoms with Crippen LogP contribution in [0.25, 0.3) is 0 Å². The van der Waals surface area contributed by atoms with Crippen molar-refractivity contribution < 1.29 is 9.66 Å². The monoisotopic (exact) mass is 284 g/mol. The summed E-state index contributed by atoms with van der Waals surface area (Å²) in [6.07, 6.45) is 3.77. The summed E-state index contributed by atoms with van der Waals surface area (Å²) >= 11 is 5.96. The smallest absolute Gasteiger partial charge is 0.273 e. The molecular formula is C13H17ClN2O3. The zero-order chi connectivity index (χ0) is 13.7. The van der Waals surface area contributed by atoms with Gasteiger partial charge in [0.25, 0.3) is 5.69 Å². The van der Waals surface area contributed by atoms with Gasteiger partial charge in [-0.1, -0.05) is 18.0 Å². The van der Waals surface area contributed by atoms with Crippen molar-refractivity contribution in [3.63, 3.8) is 0 Å². The van der Waals surface area contributed by atoms with E-state index in [0.717, 1.165) is 19.6 Å². The van der Waals surface area contributed by atoms with E-state index < -0.39 is 4.92 Å². The van der Waals surface area contributed by atoms with Gasteiger partial charge in [-0.25, -0.2) is 0 Å². The summed E-state index contributed by atoms with van der Waals surface area (Å²) in [5.74, 6) is 0.382. The first-order chi connectivity index (χ1) is 9.16. The molecule has 0 unspecified atom stereocenters. The molecular weight excluding hydrogens is 268 g/mol. The molecule has 1 aromatic rings. The molecule has 0 aromatic heterocycles. The maximum absolute atomic E-state index is 10.7. The lowest BCUT2D eigenvalue weighted by Gasteiger charge is -2.26. The first-order valence-corrected chi connectivity index (χ1v) is 6.84. The molecule has 0 atom stereocenters. The molecule has 6 heteroatoms. The van der Waals surface area contributed by atoms with Crippen molar-refractivity contribution in [2.24, 2.45) is 0 Å². The fourth-order valence-electron chi connectivity index (χ4n) is 2.18. The van der Waals surface area contributed by atoms with Crippen LogP contribution < -0.4 is 4.74 Å². The van der Waals surface area contributed by atoms with E-state index >= 15 is 0 Å². The highest BCUT2D eigenvalue weighted by molar-refractivity contribution is 6.32. The zero-order valence-electron chi connectivity index (χ0n) is 10.7. The summed E-state index contributed by atoms with van der Waals surface area (Å²) < 4.78 is 5.55. The first kappa shape index (κ1) is 14.1. The molecule has 104 valence electrons. The summed E-state index contributed by atoms with van der Waals surface area (Å²) in [5, 5.41) is 11.1. The molecule has 0 amide bonds. The van der Waals surface area contributed by atoms with Crippen LogP contribution in [0.4, 0.5) is 5.69 Å². The molecule has 1 aromatic carbocycles. The molecule has 0 spiro atoms. The number of likely N-dealkylation sites (tertiary alicyclic amines) is 1. The molecule has 19 heavy (non-hydrogen) atoms. The van der Waals surface area contributed by atoms with E-state index in [9.17, 15) is 10.1 Å². The molecule has 0 saturated carbocycles. The second kappa shape index (κ2) is 6.73. The predicted octanol–water partition coefficient (Wildman–Crippen LogP) is 3.11. The Morgan fingerprint density at radius 3 is 2.74 bits per heavy atom. The van der Waals surface area contributed by atoms with Gasteiger partial charge in [-0.2, -0.15) is 0 Å². The van der Waals surface area contributed by atoms with Crippen LogP contribution >= 0.6 is 11.6 Å². The molecule has 2 rings (SSSR count). The average Bonchev–Trinajstić information content (AvgIpc) is 2.42. The molecule has 1 fully saturated rings. The number of benzene rings is 1. The van der Waals surface area contributed by atoms with Gasteiger partial charge in [-0.15, -0.1) is 0 Å². The summed E-state index contributed by atoms with van der Waals surface area (Å²) in [6.45, 7) is 3.54. The number of hydrogen-bond acceptors (Lipinski definition) is 4. The Balaban J connectivity index is 1.87. The highest BCUT2D eigenvalue weighted by atomic mass is 35.5. The van der Waals surface area contributed by atoms with Gasteiger partial charge in [0.2, 0.25) is 0 Å². The molecule has 1 aliphatic rings. The first-order valence-electron chi connectivity index (χ1n) is 6.46. The van der Waals surface area contributed by atoms with Crippen LogP contribution in [-0.2, 0) is 0 Å². The molecule has 1 saturated heterocycles. The number of non-ortho nitro benzene ring substituents is 1. The molecule has 5 nitrogen and oxygen atoms in total. The highest BCUT2D eigenvalue weighted by Crippen LogP contribution is 2.28. The van der Waals surface area contributed by atoms with Crippen LogP contribution in [0.5, 0.6) is 5.75 Å². The zero-order valence-corrected chi connectivity index (χ0v) is 11.4. The number of piperidine rings is 1.